The van der Waals surface area contributed by atoms with Gasteiger partial charge in [-0.25, -0.2) is 4.79 Å². The number of nitrogens with zero attached hydrogens (tertiary/aromatic N) is 1. The van der Waals surface area contributed by atoms with E-state index in [-0.39, 0.29) is 0 Å². The normalized spacial score (nSPS) is 16.4. The molecule has 2 amide bonds. The van der Waals surface area contributed by atoms with Crippen LogP contribution in [0.4, 0.5) is 4.79 Å². The Morgan fingerprint density at radius 3 is 2.71 bits per heavy atom. The average Bonchev–Trinajstić information content (AvgIpc) is 3.07. The zero-order valence-corrected chi connectivity index (χ0v) is 10.3. The van der Waals surface area contributed by atoms with Crippen LogP contribution in [0.5, 0.6) is 0 Å². The number of urea groups is 1. The molecule has 2 N–H and O–H groups in total. The monoisotopic (exact) mass is 244 g/mol. The van der Waals surface area contributed by atoms with E-state index in [0.29, 0.717) is 19.1 Å². The van der Waals surface area contributed by atoms with Crippen molar-refractivity contribution in [1.82, 2.24) is 10.2 Å². The van der Waals surface area contributed by atoms with Crippen LogP contribution in [-0.4, -0.2) is 54.9 Å². The molecule has 1 atom stereocenters. The molecule has 0 radical (unpaired) electrons. The molecule has 0 saturated heterocycles. The second-order valence-corrected chi connectivity index (χ2v) is 4.45. The molecule has 0 aromatic heterocycles. The van der Waals surface area contributed by atoms with E-state index in [9.17, 15) is 9.59 Å². The van der Waals surface area contributed by atoms with Crippen molar-refractivity contribution in [2.75, 3.05) is 26.8 Å². The van der Waals surface area contributed by atoms with E-state index in [1.807, 2.05) is 0 Å². The largest absolute Gasteiger partial charge is 0.480 e. The molecule has 17 heavy (non-hydrogen) atoms. The van der Waals surface area contributed by atoms with Crippen molar-refractivity contribution in [2.45, 2.75) is 25.8 Å². The van der Waals surface area contributed by atoms with Gasteiger partial charge in [0.2, 0.25) is 0 Å². The SMILES string of the molecule is CC(NC(=O)N(C)CCOCC1CC1)C(=O)O. The lowest BCUT2D eigenvalue weighted by molar-refractivity contribution is -0.138. The Kier molecular flexibility index (Phi) is 5.21. The third kappa shape index (κ3) is 5.53. The van der Waals surface area contributed by atoms with Gasteiger partial charge in [0.25, 0.3) is 0 Å². The predicted octanol–water partition coefficient (Wildman–Crippen LogP) is 0.527. The number of carboxylic acid groups (broad SMARTS) is 1. The summed E-state index contributed by atoms with van der Waals surface area (Å²) >= 11 is 0. The van der Waals surface area contributed by atoms with Crippen molar-refractivity contribution in [3.05, 3.63) is 0 Å². The van der Waals surface area contributed by atoms with Crippen LogP contribution in [0.15, 0.2) is 0 Å². The Bertz CT molecular complexity index is 279. The molecule has 0 heterocycles. The minimum absolute atomic E-state index is 0.394. The zero-order valence-electron chi connectivity index (χ0n) is 10.3. The molecular formula is C11H20N2O4. The van der Waals surface area contributed by atoms with Crippen molar-refractivity contribution in [1.29, 1.82) is 0 Å². The number of carbonyl (C=O) groups excluding carboxylic acids is 1. The molecular weight excluding hydrogens is 224 g/mol. The smallest absolute Gasteiger partial charge is 0.325 e. The van der Waals surface area contributed by atoms with E-state index in [2.05, 4.69) is 5.32 Å². The number of rotatable bonds is 7. The Morgan fingerprint density at radius 2 is 2.18 bits per heavy atom. The van der Waals surface area contributed by atoms with Gasteiger partial charge in [0, 0.05) is 20.2 Å². The molecule has 1 aliphatic carbocycles. The van der Waals surface area contributed by atoms with Crippen LogP contribution < -0.4 is 5.32 Å². The fourth-order valence-electron chi connectivity index (χ4n) is 1.19. The highest BCUT2D eigenvalue weighted by molar-refractivity contribution is 5.82. The van der Waals surface area contributed by atoms with Gasteiger partial charge in [-0.3, -0.25) is 4.79 Å². The van der Waals surface area contributed by atoms with Crippen molar-refractivity contribution in [2.24, 2.45) is 5.92 Å². The summed E-state index contributed by atoms with van der Waals surface area (Å²) in [7, 11) is 1.62. The van der Waals surface area contributed by atoms with Gasteiger partial charge in [0.15, 0.2) is 0 Å². The highest BCUT2D eigenvalue weighted by atomic mass is 16.5. The molecule has 1 fully saturated rings. The summed E-state index contributed by atoms with van der Waals surface area (Å²) < 4.78 is 5.39. The Balaban J connectivity index is 2.09. The van der Waals surface area contributed by atoms with Crippen molar-refractivity contribution in [3.8, 4) is 0 Å². The number of likely N-dealkylation sites (N-methyl/N-ethyl adjacent to an activating group) is 1. The highest BCUT2D eigenvalue weighted by Crippen LogP contribution is 2.28. The minimum Gasteiger partial charge on any atom is -0.480 e. The molecule has 0 aromatic carbocycles. The second-order valence-electron chi connectivity index (χ2n) is 4.45. The number of hydrogen-bond donors (Lipinski definition) is 2. The number of hydrogen-bond acceptors (Lipinski definition) is 3. The molecule has 0 aromatic rings. The maximum absolute atomic E-state index is 11.5. The van der Waals surface area contributed by atoms with Gasteiger partial charge < -0.3 is 20.1 Å². The van der Waals surface area contributed by atoms with Gasteiger partial charge in [-0.15, -0.1) is 0 Å². The van der Waals surface area contributed by atoms with Crippen molar-refractivity contribution >= 4 is 12.0 Å². The standard InChI is InChI=1S/C11H20N2O4/c1-8(10(14)15)12-11(16)13(2)5-6-17-7-9-3-4-9/h8-9H,3-7H2,1-2H3,(H,12,16)(H,14,15). The van der Waals surface area contributed by atoms with E-state index >= 15 is 0 Å². The van der Waals surface area contributed by atoms with Crippen molar-refractivity contribution in [3.63, 3.8) is 0 Å². The van der Waals surface area contributed by atoms with Crippen LogP contribution in [0.2, 0.25) is 0 Å². The second kappa shape index (κ2) is 6.44. The molecule has 1 unspecified atom stereocenters. The first kappa shape index (κ1) is 13.8. The summed E-state index contributed by atoms with van der Waals surface area (Å²) in [5.41, 5.74) is 0. The van der Waals surface area contributed by atoms with Crippen LogP contribution in [0.1, 0.15) is 19.8 Å². The summed E-state index contributed by atoms with van der Waals surface area (Å²) in [6, 6.07) is -1.27. The molecule has 0 aliphatic heterocycles. The van der Waals surface area contributed by atoms with Gasteiger partial charge in [0.1, 0.15) is 6.04 Å². The third-order valence-corrected chi connectivity index (χ3v) is 2.68. The molecule has 6 nitrogen and oxygen atoms in total. The number of amides is 2. The molecule has 98 valence electrons. The zero-order chi connectivity index (χ0) is 12.8. The number of nitrogens with one attached hydrogen (secondary N) is 1. The average molecular weight is 244 g/mol. The highest BCUT2D eigenvalue weighted by Gasteiger charge is 2.21. The van der Waals surface area contributed by atoms with Gasteiger partial charge in [0.05, 0.1) is 6.61 Å². The van der Waals surface area contributed by atoms with E-state index in [0.717, 1.165) is 6.61 Å². The third-order valence-electron chi connectivity index (χ3n) is 2.68. The fraction of sp³-hybridized carbons (Fsp3) is 0.818. The minimum atomic E-state index is -1.04. The maximum atomic E-state index is 11.5. The van der Waals surface area contributed by atoms with E-state index in [1.54, 1.807) is 7.05 Å². The first-order valence-corrected chi connectivity index (χ1v) is 5.83. The van der Waals surface area contributed by atoms with Gasteiger partial charge in [-0.1, -0.05) is 0 Å². The van der Waals surface area contributed by atoms with Gasteiger partial charge in [-0.2, -0.15) is 0 Å². The lowest BCUT2D eigenvalue weighted by Crippen LogP contribution is -2.46. The van der Waals surface area contributed by atoms with Crippen LogP contribution in [0.25, 0.3) is 0 Å². The van der Waals surface area contributed by atoms with E-state index in [4.69, 9.17) is 9.84 Å². The van der Waals surface area contributed by atoms with Gasteiger partial charge in [-0.05, 0) is 25.7 Å². The quantitative estimate of drug-likeness (QED) is 0.640. The molecule has 1 saturated carbocycles. The van der Waals surface area contributed by atoms with Crippen molar-refractivity contribution < 1.29 is 19.4 Å². The number of carboxylic acids is 1. The Morgan fingerprint density at radius 1 is 1.53 bits per heavy atom. The van der Waals surface area contributed by atoms with Gasteiger partial charge >= 0.3 is 12.0 Å². The number of ether oxygens (including phenoxy) is 1. The topological polar surface area (TPSA) is 78.9 Å². The first-order chi connectivity index (χ1) is 8.00. The molecule has 1 aliphatic rings. The fourth-order valence-corrected chi connectivity index (χ4v) is 1.19. The molecule has 6 heteroatoms. The maximum Gasteiger partial charge on any atom is 0.325 e. The first-order valence-electron chi connectivity index (χ1n) is 5.83. The lowest BCUT2D eigenvalue weighted by atomic mass is 10.3. The Labute approximate surface area is 101 Å². The number of carbonyl (C=O) groups is 2. The molecule has 0 spiro atoms. The van der Waals surface area contributed by atoms with Crippen LogP contribution in [0.3, 0.4) is 0 Å². The summed E-state index contributed by atoms with van der Waals surface area (Å²) in [5, 5.41) is 11.0. The number of aliphatic carboxylic acids is 1. The van der Waals surface area contributed by atoms with E-state index < -0.39 is 18.0 Å². The van der Waals surface area contributed by atoms with Crippen LogP contribution in [-0.2, 0) is 9.53 Å². The Hall–Kier alpha value is -1.30. The van der Waals surface area contributed by atoms with Crippen LogP contribution >= 0.6 is 0 Å². The summed E-state index contributed by atoms with van der Waals surface area (Å²) in [5.74, 6) is -0.335. The predicted molar refractivity (Wildman–Crippen MR) is 61.8 cm³/mol. The lowest BCUT2D eigenvalue weighted by Gasteiger charge is -2.19. The molecule has 1 rings (SSSR count). The summed E-state index contributed by atoms with van der Waals surface area (Å²) in [4.78, 5) is 23.5. The van der Waals surface area contributed by atoms with E-state index in [1.165, 1.54) is 24.7 Å². The summed E-state index contributed by atoms with van der Waals surface area (Å²) in [6.07, 6.45) is 2.49. The summed E-state index contributed by atoms with van der Waals surface area (Å²) in [6.45, 7) is 3.14. The molecule has 0 bridgehead atoms. The van der Waals surface area contributed by atoms with Crippen LogP contribution in [0, 0.1) is 5.92 Å².